The summed E-state index contributed by atoms with van der Waals surface area (Å²) in [6.45, 7) is 10.6. The minimum atomic E-state index is 0.431. The summed E-state index contributed by atoms with van der Waals surface area (Å²) in [6, 6.07) is 16.1. The first-order valence-electron chi connectivity index (χ1n) is 11.0. The number of nitrogen functional groups attached to an aromatic ring is 1. The van der Waals surface area contributed by atoms with Crippen molar-refractivity contribution in [2.45, 2.75) is 53.9 Å². The minimum absolute atomic E-state index is 0.431. The summed E-state index contributed by atoms with van der Waals surface area (Å²) >= 11 is 0. The quantitative estimate of drug-likeness (QED) is 0.395. The molecule has 2 N–H and O–H groups in total. The van der Waals surface area contributed by atoms with E-state index in [-0.39, 0.29) is 0 Å². The predicted octanol–water partition coefficient (Wildman–Crippen LogP) is 5.72. The van der Waals surface area contributed by atoms with Gasteiger partial charge in [-0.05, 0) is 31.0 Å². The van der Waals surface area contributed by atoms with E-state index in [9.17, 15) is 0 Å². The molecule has 2 heterocycles. The molecule has 0 bridgehead atoms. The highest BCUT2D eigenvalue weighted by molar-refractivity contribution is 6.06. The molecule has 0 fully saturated rings. The first kappa shape index (κ1) is 22.6. The van der Waals surface area contributed by atoms with Gasteiger partial charge < -0.3 is 19.8 Å². The maximum Gasteiger partial charge on any atom is 0.152 e. The molecule has 4 rings (SSSR count). The monoisotopic (exact) mass is 420 g/mol. The van der Waals surface area contributed by atoms with Crippen molar-refractivity contribution in [1.29, 1.82) is 0 Å². The topological polar surface area (TPSA) is 75.2 Å². The van der Waals surface area contributed by atoms with Crippen molar-refractivity contribution in [3.05, 3.63) is 59.9 Å². The van der Waals surface area contributed by atoms with Gasteiger partial charge in [0.1, 0.15) is 30.3 Å². The zero-order valence-corrected chi connectivity index (χ0v) is 18.9. The summed E-state index contributed by atoms with van der Waals surface area (Å²) in [6.07, 6.45) is 0.993. The SMILES string of the molecule is CC.CCCn1c(COCC)nc2c(N)nc3cc(OCc4ccccc4)ccc3c21. The molecule has 0 amide bonds. The van der Waals surface area contributed by atoms with Gasteiger partial charge in [-0.2, -0.15) is 0 Å². The second kappa shape index (κ2) is 10.8. The predicted molar refractivity (Wildman–Crippen MR) is 127 cm³/mol. The second-order valence-electron chi connectivity index (χ2n) is 6.96. The molecule has 0 saturated heterocycles. The summed E-state index contributed by atoms with van der Waals surface area (Å²) in [7, 11) is 0. The molecular formula is C25H32N4O2. The van der Waals surface area contributed by atoms with Crippen LogP contribution < -0.4 is 10.5 Å². The lowest BCUT2D eigenvalue weighted by Crippen LogP contribution is -2.06. The van der Waals surface area contributed by atoms with Crippen molar-refractivity contribution < 1.29 is 9.47 Å². The number of hydrogen-bond donors (Lipinski definition) is 1. The molecule has 2 aromatic carbocycles. The van der Waals surface area contributed by atoms with E-state index in [1.54, 1.807) is 0 Å². The lowest BCUT2D eigenvalue weighted by atomic mass is 10.1. The molecule has 4 aromatic rings. The van der Waals surface area contributed by atoms with Crippen LogP contribution in [0.25, 0.3) is 21.9 Å². The number of nitrogens with two attached hydrogens (primary N) is 1. The summed E-state index contributed by atoms with van der Waals surface area (Å²) in [5.41, 5.74) is 9.95. The normalized spacial score (nSPS) is 10.8. The highest BCUT2D eigenvalue weighted by Gasteiger charge is 2.17. The van der Waals surface area contributed by atoms with Gasteiger partial charge in [-0.3, -0.25) is 0 Å². The van der Waals surface area contributed by atoms with Crippen LogP contribution in [-0.2, 0) is 24.5 Å². The van der Waals surface area contributed by atoms with E-state index in [0.717, 1.165) is 52.0 Å². The number of aromatic nitrogens is 3. The van der Waals surface area contributed by atoms with Gasteiger partial charge in [0.15, 0.2) is 5.82 Å². The third-order valence-electron chi connectivity index (χ3n) is 4.89. The highest BCUT2D eigenvalue weighted by Crippen LogP contribution is 2.31. The fourth-order valence-electron chi connectivity index (χ4n) is 3.54. The number of fused-ring (bicyclic) bond motifs is 3. The van der Waals surface area contributed by atoms with E-state index in [1.807, 2.05) is 69.3 Å². The molecule has 0 aliphatic heterocycles. The first-order chi connectivity index (χ1) is 15.2. The number of rotatable bonds is 8. The van der Waals surface area contributed by atoms with Crippen LogP contribution >= 0.6 is 0 Å². The van der Waals surface area contributed by atoms with Crippen LogP contribution in [0.3, 0.4) is 0 Å². The standard InChI is InChI=1S/C23H26N4O2.C2H6/c1-3-12-27-20(15-28-4-2)26-21-22(27)18-11-10-17(13-19(18)25-23(21)24)29-14-16-8-6-5-7-9-16;1-2/h5-11,13H,3-4,12,14-15H2,1-2H3,(H2,24,25);1-2H3. The Hall–Kier alpha value is -3.12. The molecule has 164 valence electrons. The van der Waals surface area contributed by atoms with Gasteiger partial charge >= 0.3 is 0 Å². The fraction of sp³-hybridized carbons (Fsp3) is 0.360. The van der Waals surface area contributed by atoms with Gasteiger partial charge in [-0.1, -0.05) is 51.1 Å². The average molecular weight is 421 g/mol. The molecule has 0 spiro atoms. The average Bonchev–Trinajstić information content (AvgIpc) is 3.17. The van der Waals surface area contributed by atoms with Crippen LogP contribution in [0.4, 0.5) is 5.82 Å². The van der Waals surface area contributed by atoms with Gasteiger partial charge in [0.25, 0.3) is 0 Å². The molecule has 6 nitrogen and oxygen atoms in total. The molecule has 0 radical (unpaired) electrons. The summed E-state index contributed by atoms with van der Waals surface area (Å²) < 4.78 is 13.8. The van der Waals surface area contributed by atoms with Crippen molar-refractivity contribution >= 4 is 27.8 Å². The van der Waals surface area contributed by atoms with Gasteiger partial charge in [0.05, 0.1) is 11.0 Å². The summed E-state index contributed by atoms with van der Waals surface area (Å²) in [5.74, 6) is 2.08. The van der Waals surface area contributed by atoms with E-state index >= 15 is 0 Å². The maximum atomic E-state index is 6.28. The number of hydrogen-bond acceptors (Lipinski definition) is 5. The Bertz CT molecular complexity index is 1120. The molecule has 6 heteroatoms. The zero-order chi connectivity index (χ0) is 22.2. The van der Waals surface area contributed by atoms with Crippen LogP contribution in [0, 0.1) is 0 Å². The molecule has 0 saturated carbocycles. The Kier molecular flexibility index (Phi) is 7.84. The minimum Gasteiger partial charge on any atom is -0.489 e. The third-order valence-corrected chi connectivity index (χ3v) is 4.89. The Labute approximate surface area is 184 Å². The fourth-order valence-corrected chi connectivity index (χ4v) is 3.54. The smallest absolute Gasteiger partial charge is 0.152 e. The molecule has 0 unspecified atom stereocenters. The van der Waals surface area contributed by atoms with Crippen LogP contribution in [0.2, 0.25) is 0 Å². The largest absolute Gasteiger partial charge is 0.489 e. The Morgan fingerprint density at radius 1 is 0.968 bits per heavy atom. The van der Waals surface area contributed by atoms with Crippen molar-refractivity contribution in [3.8, 4) is 5.75 Å². The van der Waals surface area contributed by atoms with Gasteiger partial charge in [-0.15, -0.1) is 0 Å². The Morgan fingerprint density at radius 3 is 2.45 bits per heavy atom. The van der Waals surface area contributed by atoms with Gasteiger partial charge in [0, 0.05) is 24.6 Å². The number of ether oxygens (including phenoxy) is 2. The van der Waals surface area contributed by atoms with Gasteiger partial charge in [-0.25, -0.2) is 9.97 Å². The van der Waals surface area contributed by atoms with Crippen LogP contribution in [0.15, 0.2) is 48.5 Å². The number of nitrogens with zero attached hydrogens (tertiary/aromatic N) is 3. The van der Waals surface area contributed by atoms with Crippen molar-refractivity contribution in [1.82, 2.24) is 14.5 Å². The van der Waals surface area contributed by atoms with E-state index in [2.05, 4.69) is 16.5 Å². The number of imidazole rings is 1. The number of anilines is 1. The van der Waals surface area contributed by atoms with E-state index in [4.69, 9.17) is 20.2 Å². The Balaban J connectivity index is 0.00000132. The zero-order valence-electron chi connectivity index (χ0n) is 18.9. The van der Waals surface area contributed by atoms with Crippen LogP contribution in [0.5, 0.6) is 5.75 Å². The molecule has 0 aliphatic rings. The maximum absolute atomic E-state index is 6.28. The van der Waals surface area contributed by atoms with Crippen LogP contribution in [-0.4, -0.2) is 21.1 Å². The molecule has 0 atom stereocenters. The lowest BCUT2D eigenvalue weighted by Gasteiger charge is -2.11. The summed E-state index contributed by atoms with van der Waals surface area (Å²) in [5, 5.41) is 1.02. The van der Waals surface area contributed by atoms with E-state index in [0.29, 0.717) is 25.6 Å². The highest BCUT2D eigenvalue weighted by atomic mass is 16.5. The van der Waals surface area contributed by atoms with Crippen molar-refractivity contribution in [3.63, 3.8) is 0 Å². The van der Waals surface area contributed by atoms with Crippen LogP contribution in [0.1, 0.15) is 45.5 Å². The first-order valence-corrected chi connectivity index (χ1v) is 11.0. The molecule has 31 heavy (non-hydrogen) atoms. The number of pyridine rings is 1. The van der Waals surface area contributed by atoms with Crippen molar-refractivity contribution in [2.24, 2.45) is 0 Å². The number of benzene rings is 2. The molecule has 2 aromatic heterocycles. The molecule has 0 aliphatic carbocycles. The third kappa shape index (κ3) is 4.97. The second-order valence-corrected chi connectivity index (χ2v) is 6.96. The van der Waals surface area contributed by atoms with E-state index < -0.39 is 0 Å². The van der Waals surface area contributed by atoms with E-state index in [1.165, 1.54) is 0 Å². The summed E-state index contributed by atoms with van der Waals surface area (Å²) in [4.78, 5) is 9.33. The van der Waals surface area contributed by atoms with Crippen molar-refractivity contribution in [2.75, 3.05) is 12.3 Å². The Morgan fingerprint density at radius 2 is 1.74 bits per heavy atom. The molecular weight excluding hydrogens is 388 g/mol. The van der Waals surface area contributed by atoms with Gasteiger partial charge in [0.2, 0.25) is 0 Å². The number of aryl methyl sites for hydroxylation is 1. The lowest BCUT2D eigenvalue weighted by molar-refractivity contribution is 0.126.